The van der Waals surface area contributed by atoms with Crippen molar-refractivity contribution in [2.45, 2.75) is 51.7 Å². The van der Waals surface area contributed by atoms with E-state index in [1.807, 2.05) is 0 Å². The van der Waals surface area contributed by atoms with E-state index in [1.165, 1.54) is 4.58 Å². The summed E-state index contributed by atoms with van der Waals surface area (Å²) < 4.78 is 6.46. The van der Waals surface area contributed by atoms with Crippen LogP contribution in [0, 0.1) is 5.92 Å². The van der Waals surface area contributed by atoms with Gasteiger partial charge in [-0.25, -0.2) is 0 Å². The predicted octanol–water partition coefficient (Wildman–Crippen LogP) is 1.89. The highest BCUT2D eigenvalue weighted by atomic mass is 16.6. The Morgan fingerprint density at radius 1 is 1.35 bits per heavy atom. The Morgan fingerprint density at radius 2 is 1.94 bits per heavy atom. The lowest BCUT2D eigenvalue weighted by molar-refractivity contribution is -0.482. The number of nitrogens with zero attached hydrogens (tertiary/aromatic N) is 1. The largest absolute Gasteiger partial charge is 0.596 e. The van der Waals surface area contributed by atoms with E-state index in [9.17, 15) is 9.59 Å². The van der Waals surface area contributed by atoms with Gasteiger partial charge in [0.05, 0.1) is 5.92 Å². The van der Waals surface area contributed by atoms with Gasteiger partial charge in [-0.05, 0) is 27.2 Å². The first-order chi connectivity index (χ1) is 7.70. The van der Waals surface area contributed by atoms with Crippen LogP contribution >= 0.6 is 0 Å². The molecule has 1 unspecified atom stereocenters. The molecule has 1 N–H and O–H groups in total. The van der Waals surface area contributed by atoms with E-state index in [0.29, 0.717) is 19.3 Å². The minimum absolute atomic E-state index is 0.133. The Kier molecular flexibility index (Phi) is 3.91. The quantitative estimate of drug-likeness (QED) is 0.593. The van der Waals surface area contributed by atoms with Gasteiger partial charge in [-0.2, -0.15) is 4.79 Å². The molecule has 0 aliphatic heterocycles. The van der Waals surface area contributed by atoms with Crippen LogP contribution in [0.3, 0.4) is 0 Å². The standard InChI is InChI=1S/C12H19NO4/c1-12(2,3)17-11(16)13(4)9-6-5-8(7-9)10(14)15/h8-9H,4-7H2,1-3H3/p+1/t8-,9?/m0/s1. The van der Waals surface area contributed by atoms with Crippen molar-refractivity contribution >= 4 is 18.8 Å². The van der Waals surface area contributed by atoms with Crippen LogP contribution in [0.15, 0.2) is 0 Å². The third-order valence-electron chi connectivity index (χ3n) is 2.82. The molecule has 1 saturated carbocycles. The molecule has 0 spiro atoms. The van der Waals surface area contributed by atoms with Crippen LogP contribution in [-0.2, 0) is 9.53 Å². The molecule has 1 amide bonds. The monoisotopic (exact) mass is 242 g/mol. The number of aliphatic carboxylic acids is 1. The Labute approximate surface area is 101 Å². The predicted molar refractivity (Wildman–Crippen MR) is 62.4 cm³/mol. The van der Waals surface area contributed by atoms with Crippen molar-refractivity contribution in [3.8, 4) is 0 Å². The number of carboxylic acids is 1. The lowest BCUT2D eigenvalue weighted by atomic mass is 10.1. The maximum atomic E-state index is 11.7. The number of hydrogen-bond acceptors (Lipinski definition) is 3. The smallest absolute Gasteiger partial charge is 0.481 e. The van der Waals surface area contributed by atoms with Gasteiger partial charge in [-0.3, -0.25) is 4.79 Å². The van der Waals surface area contributed by atoms with E-state index in [4.69, 9.17) is 9.84 Å². The van der Waals surface area contributed by atoms with Crippen molar-refractivity contribution in [2.24, 2.45) is 5.92 Å². The zero-order valence-electron chi connectivity index (χ0n) is 10.6. The third kappa shape index (κ3) is 3.84. The third-order valence-corrected chi connectivity index (χ3v) is 2.82. The maximum absolute atomic E-state index is 11.7. The molecule has 5 nitrogen and oxygen atoms in total. The van der Waals surface area contributed by atoms with E-state index in [0.717, 1.165) is 0 Å². The molecule has 1 aliphatic rings. The van der Waals surface area contributed by atoms with Crippen molar-refractivity contribution in [3.63, 3.8) is 0 Å². The average Bonchev–Trinajstić information content (AvgIpc) is 2.62. The summed E-state index contributed by atoms with van der Waals surface area (Å²) in [5, 5.41) is 8.88. The molecule has 1 rings (SSSR count). The summed E-state index contributed by atoms with van der Waals surface area (Å²) in [6.07, 6.45) is 1.22. The summed E-state index contributed by atoms with van der Waals surface area (Å²) in [5.74, 6) is -1.17. The van der Waals surface area contributed by atoms with Crippen LogP contribution < -0.4 is 0 Å². The number of ether oxygens (including phenoxy) is 1. The Balaban J connectivity index is 2.55. The molecule has 0 radical (unpaired) electrons. The van der Waals surface area contributed by atoms with Gasteiger partial charge in [0.2, 0.25) is 0 Å². The van der Waals surface area contributed by atoms with Gasteiger partial charge < -0.3 is 9.84 Å². The minimum atomic E-state index is -0.801. The normalized spacial score (nSPS) is 24.4. The van der Waals surface area contributed by atoms with Crippen molar-refractivity contribution in [1.82, 2.24) is 0 Å². The van der Waals surface area contributed by atoms with E-state index in [-0.39, 0.29) is 12.0 Å². The summed E-state index contributed by atoms with van der Waals surface area (Å²) >= 11 is 0. The summed E-state index contributed by atoms with van der Waals surface area (Å²) in [5.41, 5.74) is -0.558. The van der Waals surface area contributed by atoms with Gasteiger partial charge >= 0.3 is 12.1 Å². The Morgan fingerprint density at radius 3 is 2.35 bits per heavy atom. The van der Waals surface area contributed by atoms with E-state index in [2.05, 4.69) is 6.72 Å². The highest BCUT2D eigenvalue weighted by Crippen LogP contribution is 2.28. The zero-order chi connectivity index (χ0) is 13.2. The lowest BCUT2D eigenvalue weighted by Crippen LogP contribution is -2.35. The second kappa shape index (κ2) is 4.85. The van der Waals surface area contributed by atoms with E-state index < -0.39 is 17.7 Å². The summed E-state index contributed by atoms with van der Waals surface area (Å²) in [7, 11) is 0. The van der Waals surface area contributed by atoms with E-state index in [1.54, 1.807) is 20.8 Å². The minimum Gasteiger partial charge on any atom is -0.481 e. The fourth-order valence-corrected chi connectivity index (χ4v) is 1.93. The molecule has 96 valence electrons. The van der Waals surface area contributed by atoms with Gasteiger partial charge in [-0.15, -0.1) is 4.58 Å². The fourth-order valence-electron chi connectivity index (χ4n) is 1.93. The first kappa shape index (κ1) is 13.7. The molecule has 2 atom stereocenters. The molecule has 17 heavy (non-hydrogen) atoms. The highest BCUT2D eigenvalue weighted by Gasteiger charge is 2.39. The first-order valence-corrected chi connectivity index (χ1v) is 5.76. The molecule has 0 bridgehead atoms. The number of amides is 1. The molecule has 0 aromatic heterocycles. The van der Waals surface area contributed by atoms with Crippen LogP contribution in [0.2, 0.25) is 0 Å². The fraction of sp³-hybridized carbons (Fsp3) is 0.750. The topological polar surface area (TPSA) is 66.6 Å². The van der Waals surface area contributed by atoms with Crippen molar-refractivity contribution in [2.75, 3.05) is 0 Å². The lowest BCUT2D eigenvalue weighted by Gasteiger charge is -2.17. The molecular weight excluding hydrogens is 222 g/mol. The van der Waals surface area contributed by atoms with Gasteiger partial charge in [0.25, 0.3) is 0 Å². The summed E-state index contributed by atoms with van der Waals surface area (Å²) in [6.45, 7) is 9.02. The van der Waals surface area contributed by atoms with Crippen molar-refractivity contribution in [1.29, 1.82) is 0 Å². The zero-order valence-corrected chi connectivity index (χ0v) is 10.6. The number of hydrogen-bond donors (Lipinski definition) is 1. The average molecular weight is 242 g/mol. The number of carboxylic acid groups (broad SMARTS) is 1. The molecular formula is C12H20NO4+. The summed E-state index contributed by atoms with van der Waals surface area (Å²) in [4.78, 5) is 22.5. The number of carbonyl (C=O) groups excluding carboxylic acids is 1. The second-order valence-corrected chi connectivity index (χ2v) is 5.45. The van der Waals surface area contributed by atoms with Crippen LogP contribution in [0.5, 0.6) is 0 Å². The second-order valence-electron chi connectivity index (χ2n) is 5.45. The molecule has 1 aliphatic carbocycles. The van der Waals surface area contributed by atoms with E-state index >= 15 is 0 Å². The maximum Gasteiger partial charge on any atom is 0.596 e. The number of carbonyl (C=O) groups is 2. The van der Waals surface area contributed by atoms with Gasteiger partial charge in [0.1, 0.15) is 12.3 Å². The van der Waals surface area contributed by atoms with Crippen molar-refractivity contribution in [3.05, 3.63) is 0 Å². The van der Waals surface area contributed by atoms with Crippen molar-refractivity contribution < 1.29 is 24.0 Å². The Hall–Kier alpha value is -1.39. The molecule has 1 fully saturated rings. The number of rotatable bonds is 2. The highest BCUT2D eigenvalue weighted by molar-refractivity contribution is 5.70. The van der Waals surface area contributed by atoms with Crippen LogP contribution in [0.4, 0.5) is 4.79 Å². The molecule has 5 heteroatoms. The van der Waals surface area contributed by atoms with Crippen LogP contribution in [0.25, 0.3) is 0 Å². The summed E-state index contributed by atoms with van der Waals surface area (Å²) in [6, 6.07) is -0.133. The Bertz CT molecular complexity index is 343. The molecule has 0 aromatic rings. The first-order valence-electron chi connectivity index (χ1n) is 5.76. The van der Waals surface area contributed by atoms with Crippen LogP contribution in [-0.4, -0.2) is 40.1 Å². The van der Waals surface area contributed by atoms with Gasteiger partial charge in [-0.1, -0.05) is 0 Å². The van der Waals surface area contributed by atoms with Gasteiger partial charge in [0, 0.05) is 12.8 Å². The van der Waals surface area contributed by atoms with Crippen LogP contribution in [0.1, 0.15) is 40.0 Å². The molecule has 0 heterocycles. The molecule has 0 aromatic carbocycles. The van der Waals surface area contributed by atoms with Gasteiger partial charge in [0.15, 0.2) is 6.04 Å². The molecule has 0 saturated heterocycles. The SMILES string of the molecule is C=[N+](C(=O)OC(C)(C)C)C1CC[C@H](C(=O)O)C1.